The third kappa shape index (κ3) is 12.0. The van der Waals surface area contributed by atoms with E-state index in [0.717, 1.165) is 6.08 Å². The van der Waals surface area contributed by atoms with Gasteiger partial charge in [-0.3, -0.25) is 0 Å². The highest BCUT2D eigenvalue weighted by molar-refractivity contribution is 5.81. The number of ether oxygens (including phenoxy) is 9. The number of allylic oxidation sites excluding steroid dienone is 1. The van der Waals surface area contributed by atoms with Crippen molar-refractivity contribution >= 4 is 5.97 Å². The second-order valence-corrected chi connectivity index (χ2v) is 19.1. The molecule has 7 fully saturated rings. The van der Waals surface area contributed by atoms with Crippen LogP contribution in [-0.4, -0.2) is 251 Å². The van der Waals surface area contributed by atoms with Gasteiger partial charge in [0.25, 0.3) is 0 Å². The minimum Gasteiger partial charge on any atom is -0.460 e. The van der Waals surface area contributed by atoms with Gasteiger partial charge in [0, 0.05) is 25.5 Å². The van der Waals surface area contributed by atoms with E-state index in [1.807, 2.05) is 0 Å². The molecule has 4 saturated heterocycles. The Morgan fingerprint density at radius 3 is 1.78 bits per heavy atom. The topological polar surface area (TPSA) is 383 Å². The molecule has 0 aromatic carbocycles. The molecule has 24 nitrogen and oxygen atoms in total. The Morgan fingerprint density at radius 1 is 0.552 bits per heavy atom. The molecule has 0 bridgehead atoms. The van der Waals surface area contributed by atoms with Crippen LogP contribution in [0.3, 0.4) is 0 Å². The molecule has 7 rings (SSSR count). The predicted molar refractivity (Wildman–Crippen MR) is 218 cm³/mol. The van der Waals surface area contributed by atoms with Gasteiger partial charge < -0.3 is 114 Å². The summed E-state index contributed by atoms with van der Waals surface area (Å²) < 4.78 is 54.3. The van der Waals surface area contributed by atoms with Crippen molar-refractivity contribution in [3.05, 3.63) is 12.2 Å². The molecule has 0 aromatic heterocycles. The van der Waals surface area contributed by atoms with Crippen LogP contribution >= 0.6 is 0 Å². The molecule has 0 amide bonds. The summed E-state index contributed by atoms with van der Waals surface area (Å²) in [6, 6.07) is 0. The van der Waals surface area contributed by atoms with E-state index >= 15 is 0 Å². The molecule has 4 aliphatic heterocycles. The lowest BCUT2D eigenvalue weighted by atomic mass is 9.72. The summed E-state index contributed by atoms with van der Waals surface area (Å²) in [5.74, 6) is -2.12. The number of fused-ring (bicyclic) bond motifs is 1. The zero-order chi connectivity index (χ0) is 48.4. The maximum atomic E-state index is 12.9. The van der Waals surface area contributed by atoms with E-state index < -0.39 is 179 Å². The molecule has 14 N–H and O–H groups in total. The largest absolute Gasteiger partial charge is 0.460 e. The van der Waals surface area contributed by atoms with Crippen LogP contribution in [0.5, 0.6) is 0 Å². The van der Waals surface area contributed by atoms with Crippen molar-refractivity contribution in [1.82, 2.24) is 0 Å². The van der Waals surface area contributed by atoms with Gasteiger partial charge in [-0.2, -0.15) is 0 Å². The minimum atomic E-state index is -1.96. The number of carbonyl (C=O) groups excluding carboxylic acids is 1. The first-order valence-corrected chi connectivity index (χ1v) is 23.3. The number of methoxy groups -OCH3 is 1. The lowest BCUT2D eigenvalue weighted by molar-refractivity contribution is -0.380. The SMILES string of the molecule is COC1CC(C2OC3CC(O)CC(O[C@@H]4O[C@H](CO)[C@@H](O)[C@H](O)[C@H]4O)C3CC2O[C@@H]2O[C@H](COC(=O)C=CC3CCC(O)C(O)C3)[C@@H](O)[C@H](O)[C@H]2O[C@@H]2O[C@H](CO)[C@@H](O)[C@H](O)[C@H]2O)CCC1O. The summed E-state index contributed by atoms with van der Waals surface area (Å²) in [4.78, 5) is 12.9. The first-order valence-electron chi connectivity index (χ1n) is 23.3. The van der Waals surface area contributed by atoms with Crippen molar-refractivity contribution in [3.63, 3.8) is 0 Å². The van der Waals surface area contributed by atoms with Gasteiger partial charge in [0.1, 0.15) is 79.9 Å². The highest BCUT2D eigenvalue weighted by Crippen LogP contribution is 2.45. The Hall–Kier alpha value is -1.67. The van der Waals surface area contributed by atoms with Gasteiger partial charge in [0.05, 0.1) is 68.1 Å². The average Bonchev–Trinajstić information content (AvgIpc) is 3.31. The van der Waals surface area contributed by atoms with Crippen molar-refractivity contribution in [2.75, 3.05) is 26.9 Å². The van der Waals surface area contributed by atoms with Crippen molar-refractivity contribution in [1.29, 1.82) is 0 Å². The third-order valence-electron chi connectivity index (χ3n) is 14.7. The van der Waals surface area contributed by atoms with E-state index in [9.17, 15) is 76.3 Å². The van der Waals surface area contributed by atoms with E-state index in [0.29, 0.717) is 25.7 Å². The standard InChI is InChI=1S/C43H70O24/c1-59-25-9-17(4-6-21(25)48)39-26(12-19-23(61-39)10-18(46)11-24(19)62-41-37(57)34(54)31(51)27(13-44)64-41)63-43-40(67-42-38(58)35(55)32(52)28(14-45)65-42)36(56)33(53)29(66-43)15-60-30(50)7-3-16-2-5-20(47)22(49)8-16/h3,7,16-29,31-49,51-58H,2,4-6,8-15H2,1H3/t16?,17?,18?,19?,20?,21?,22?,23?,24?,25?,26?,27-,28-,29-,31-,32-,33-,34+,35+,36+,37-,38-,39?,40-,41-,42+,43-/m1/s1. The molecule has 7 aliphatic rings. The smallest absolute Gasteiger partial charge is 0.330 e. The maximum Gasteiger partial charge on any atom is 0.330 e. The molecule has 3 saturated carbocycles. The van der Waals surface area contributed by atoms with Crippen LogP contribution in [0.25, 0.3) is 0 Å². The molecule has 12 unspecified atom stereocenters. The number of rotatable bonds is 14. The van der Waals surface area contributed by atoms with Gasteiger partial charge in [-0.25, -0.2) is 4.79 Å². The fourth-order valence-corrected chi connectivity index (χ4v) is 10.7. The highest BCUT2D eigenvalue weighted by atomic mass is 16.8. The monoisotopic (exact) mass is 970 g/mol. The fourth-order valence-electron chi connectivity index (χ4n) is 10.7. The molecule has 3 aliphatic carbocycles. The molecule has 24 heteroatoms. The first kappa shape index (κ1) is 53.1. The Labute approximate surface area is 386 Å². The molecule has 386 valence electrons. The third-order valence-corrected chi connectivity index (χ3v) is 14.7. The van der Waals surface area contributed by atoms with E-state index in [-0.39, 0.29) is 43.9 Å². The molecular weight excluding hydrogens is 900 g/mol. The van der Waals surface area contributed by atoms with Crippen molar-refractivity contribution in [3.8, 4) is 0 Å². The second kappa shape index (κ2) is 23.3. The Balaban J connectivity index is 1.16. The zero-order valence-electron chi connectivity index (χ0n) is 37.1. The van der Waals surface area contributed by atoms with Crippen molar-refractivity contribution in [2.45, 2.75) is 205 Å². The van der Waals surface area contributed by atoms with Crippen molar-refractivity contribution < 1.29 is 119 Å². The van der Waals surface area contributed by atoms with Crippen LogP contribution in [-0.2, 0) is 47.4 Å². The molecule has 27 atom stereocenters. The average molecular weight is 971 g/mol. The van der Waals surface area contributed by atoms with E-state index in [1.54, 1.807) is 0 Å². The summed E-state index contributed by atoms with van der Waals surface area (Å²) in [5.41, 5.74) is 0. The summed E-state index contributed by atoms with van der Waals surface area (Å²) >= 11 is 0. The van der Waals surface area contributed by atoms with Gasteiger partial charge >= 0.3 is 5.97 Å². The van der Waals surface area contributed by atoms with Gasteiger partial charge in [-0.05, 0) is 63.2 Å². The van der Waals surface area contributed by atoms with Gasteiger partial charge in [0.2, 0.25) is 0 Å². The normalized spacial score (nSPS) is 51.0. The van der Waals surface area contributed by atoms with Crippen LogP contribution in [0.2, 0.25) is 0 Å². The predicted octanol–water partition coefficient (Wildman–Crippen LogP) is -6.09. The van der Waals surface area contributed by atoms with Gasteiger partial charge in [-0.15, -0.1) is 0 Å². The minimum absolute atomic E-state index is 0.0167. The lowest BCUT2D eigenvalue weighted by Crippen LogP contribution is -2.66. The van der Waals surface area contributed by atoms with Gasteiger partial charge in [-0.1, -0.05) is 6.08 Å². The van der Waals surface area contributed by atoms with Crippen LogP contribution in [0.4, 0.5) is 0 Å². The number of carbonyl (C=O) groups is 1. The summed E-state index contributed by atoms with van der Waals surface area (Å²) in [7, 11) is 1.46. The van der Waals surface area contributed by atoms with Gasteiger partial charge in [0.15, 0.2) is 18.9 Å². The number of esters is 1. The molecule has 67 heavy (non-hydrogen) atoms. The molecule has 0 spiro atoms. The van der Waals surface area contributed by atoms with E-state index in [2.05, 4.69) is 0 Å². The number of hydrogen-bond acceptors (Lipinski definition) is 24. The Morgan fingerprint density at radius 2 is 1.15 bits per heavy atom. The van der Waals surface area contributed by atoms with Crippen molar-refractivity contribution in [2.24, 2.45) is 17.8 Å². The second-order valence-electron chi connectivity index (χ2n) is 19.1. The quantitative estimate of drug-likeness (QED) is 0.0569. The molecule has 4 heterocycles. The number of aliphatic hydroxyl groups is 14. The molecular formula is C43H70O24. The Kier molecular flexibility index (Phi) is 18.4. The first-order chi connectivity index (χ1) is 31.9. The molecule has 0 aromatic rings. The summed E-state index contributed by atoms with van der Waals surface area (Å²) in [5, 5.41) is 148. The lowest BCUT2D eigenvalue weighted by Gasteiger charge is -2.53. The number of aliphatic hydroxyl groups excluding tert-OH is 14. The fraction of sp³-hybridized carbons (Fsp3) is 0.930. The van der Waals surface area contributed by atoms with Crippen LogP contribution in [0.1, 0.15) is 57.8 Å². The van der Waals surface area contributed by atoms with Crippen LogP contribution in [0, 0.1) is 17.8 Å². The summed E-state index contributed by atoms with van der Waals surface area (Å²) in [6.45, 7) is -2.17. The van der Waals surface area contributed by atoms with E-state index in [1.165, 1.54) is 13.2 Å². The number of hydrogen-bond donors (Lipinski definition) is 14. The molecule has 0 radical (unpaired) electrons. The van der Waals surface area contributed by atoms with Crippen LogP contribution in [0.15, 0.2) is 12.2 Å². The Bertz CT molecular complexity index is 1590. The maximum absolute atomic E-state index is 12.9. The van der Waals surface area contributed by atoms with Crippen LogP contribution < -0.4 is 0 Å². The van der Waals surface area contributed by atoms with E-state index in [4.69, 9.17) is 42.6 Å². The highest BCUT2D eigenvalue weighted by Gasteiger charge is 2.56. The zero-order valence-corrected chi connectivity index (χ0v) is 37.1. The summed E-state index contributed by atoms with van der Waals surface area (Å²) in [6.07, 6.45) is -28.7.